The van der Waals surface area contributed by atoms with Gasteiger partial charge in [0.1, 0.15) is 5.75 Å². The maximum Gasteiger partial charge on any atom is 0.190 e. The third kappa shape index (κ3) is 1.80. The minimum atomic E-state index is -0.985. The van der Waals surface area contributed by atoms with Gasteiger partial charge in [-0.1, -0.05) is 0 Å². The molecule has 5 heteroatoms. The molecule has 1 heterocycles. The van der Waals surface area contributed by atoms with Crippen LogP contribution in [0, 0.1) is 11.6 Å². The van der Waals surface area contributed by atoms with E-state index >= 15 is 0 Å². The smallest absolute Gasteiger partial charge is 0.190 e. The molecule has 3 nitrogen and oxygen atoms in total. The van der Waals surface area contributed by atoms with Crippen molar-refractivity contribution in [2.24, 2.45) is 0 Å². The minimum absolute atomic E-state index is 0.0185. The summed E-state index contributed by atoms with van der Waals surface area (Å²) in [5.41, 5.74) is -0.0185. The van der Waals surface area contributed by atoms with Gasteiger partial charge in [0.05, 0.1) is 25.9 Å². The normalized spacial score (nSPS) is 17.0. The topological polar surface area (TPSA) is 27.7 Å². The number of hydrogen-bond donors (Lipinski definition) is 0. The third-order valence-corrected chi connectivity index (χ3v) is 2.17. The molecular weight excluding hydrogens is 206 g/mol. The fraction of sp³-hybridized carbons (Fsp3) is 0.400. The summed E-state index contributed by atoms with van der Waals surface area (Å²) >= 11 is 0. The van der Waals surface area contributed by atoms with Gasteiger partial charge in [-0.2, -0.15) is 0 Å². The van der Waals surface area contributed by atoms with E-state index in [1.807, 2.05) is 0 Å². The molecule has 82 valence electrons. The molecule has 1 fully saturated rings. The molecule has 1 aliphatic rings. The lowest BCUT2D eigenvalue weighted by Crippen LogP contribution is -2.06. The van der Waals surface area contributed by atoms with Gasteiger partial charge >= 0.3 is 0 Å². The van der Waals surface area contributed by atoms with Crippen molar-refractivity contribution in [1.82, 2.24) is 0 Å². The van der Waals surface area contributed by atoms with Gasteiger partial charge in [0.2, 0.25) is 0 Å². The van der Waals surface area contributed by atoms with Crippen molar-refractivity contribution in [3.05, 3.63) is 29.3 Å². The van der Waals surface area contributed by atoms with Crippen LogP contribution in [0.2, 0.25) is 0 Å². The van der Waals surface area contributed by atoms with Crippen molar-refractivity contribution >= 4 is 0 Å². The van der Waals surface area contributed by atoms with E-state index in [2.05, 4.69) is 0 Å². The lowest BCUT2D eigenvalue weighted by atomic mass is 10.1. The number of benzene rings is 1. The first-order chi connectivity index (χ1) is 7.24. The molecule has 0 saturated carbocycles. The summed E-state index contributed by atoms with van der Waals surface area (Å²) in [5.74, 6) is -1.70. The van der Waals surface area contributed by atoms with E-state index in [1.54, 1.807) is 0 Å². The van der Waals surface area contributed by atoms with Gasteiger partial charge in [-0.15, -0.1) is 0 Å². The van der Waals surface area contributed by atoms with Crippen LogP contribution in [0.5, 0.6) is 5.75 Å². The summed E-state index contributed by atoms with van der Waals surface area (Å²) in [5, 5.41) is 0. The van der Waals surface area contributed by atoms with Crippen LogP contribution in [0.15, 0.2) is 12.1 Å². The fourth-order valence-corrected chi connectivity index (χ4v) is 1.47. The second kappa shape index (κ2) is 4.12. The zero-order valence-electron chi connectivity index (χ0n) is 8.13. The Bertz CT molecular complexity index is 362. The first-order valence-corrected chi connectivity index (χ1v) is 4.49. The van der Waals surface area contributed by atoms with E-state index in [0.29, 0.717) is 13.2 Å². The molecule has 1 aromatic rings. The van der Waals surface area contributed by atoms with Gasteiger partial charge in [-0.3, -0.25) is 0 Å². The summed E-state index contributed by atoms with van der Waals surface area (Å²) in [6.45, 7) is 0.730. The Morgan fingerprint density at radius 3 is 2.53 bits per heavy atom. The number of hydrogen-bond acceptors (Lipinski definition) is 3. The quantitative estimate of drug-likeness (QED) is 0.756. The monoisotopic (exact) mass is 216 g/mol. The van der Waals surface area contributed by atoms with Gasteiger partial charge in [-0.05, 0) is 12.1 Å². The number of rotatable bonds is 2. The minimum Gasteiger partial charge on any atom is -0.496 e. The van der Waals surface area contributed by atoms with E-state index < -0.39 is 17.9 Å². The Morgan fingerprint density at radius 2 is 1.93 bits per heavy atom. The standard InChI is InChI=1S/C10H10F2O3/c1-13-7-3-2-6(11)9(12)8(7)10-14-4-5-15-10/h2-3,10H,4-5H2,1H3. The number of ether oxygens (including phenoxy) is 3. The third-order valence-electron chi connectivity index (χ3n) is 2.17. The highest BCUT2D eigenvalue weighted by molar-refractivity contribution is 5.36. The molecule has 1 aromatic carbocycles. The molecule has 0 unspecified atom stereocenters. The van der Waals surface area contributed by atoms with Crippen LogP contribution in [0.3, 0.4) is 0 Å². The molecule has 0 amide bonds. The summed E-state index contributed by atoms with van der Waals surface area (Å²) in [6, 6.07) is 2.35. The molecule has 0 radical (unpaired) electrons. The van der Waals surface area contributed by atoms with E-state index in [1.165, 1.54) is 13.2 Å². The summed E-state index contributed by atoms with van der Waals surface area (Å²) < 4.78 is 41.6. The largest absolute Gasteiger partial charge is 0.496 e. The van der Waals surface area contributed by atoms with Crippen molar-refractivity contribution in [1.29, 1.82) is 0 Å². The molecule has 0 spiro atoms. The number of halogens is 2. The van der Waals surface area contributed by atoms with E-state index in [4.69, 9.17) is 14.2 Å². The molecule has 0 N–H and O–H groups in total. The molecule has 1 aliphatic heterocycles. The van der Waals surface area contributed by atoms with Crippen LogP contribution in [0.25, 0.3) is 0 Å². The Hall–Kier alpha value is -1.20. The molecule has 0 bridgehead atoms. The Kier molecular flexibility index (Phi) is 2.83. The Morgan fingerprint density at radius 1 is 1.27 bits per heavy atom. The molecule has 0 atom stereocenters. The Balaban J connectivity index is 2.45. The highest BCUT2D eigenvalue weighted by Crippen LogP contribution is 2.34. The van der Waals surface area contributed by atoms with Crippen LogP contribution in [0.1, 0.15) is 11.9 Å². The fourth-order valence-electron chi connectivity index (χ4n) is 1.47. The average Bonchev–Trinajstić information content (AvgIpc) is 2.75. The van der Waals surface area contributed by atoms with Crippen molar-refractivity contribution < 1.29 is 23.0 Å². The van der Waals surface area contributed by atoms with Crippen molar-refractivity contribution in [3.63, 3.8) is 0 Å². The second-order valence-corrected chi connectivity index (χ2v) is 3.05. The zero-order chi connectivity index (χ0) is 10.8. The van der Waals surface area contributed by atoms with Gasteiger partial charge in [0, 0.05) is 0 Å². The molecule has 0 aromatic heterocycles. The highest BCUT2D eigenvalue weighted by Gasteiger charge is 2.27. The summed E-state index contributed by atoms with van der Waals surface area (Å²) in [6.07, 6.45) is -0.879. The molecule has 0 aliphatic carbocycles. The van der Waals surface area contributed by atoms with Gasteiger partial charge in [-0.25, -0.2) is 8.78 Å². The van der Waals surface area contributed by atoms with Crippen LogP contribution >= 0.6 is 0 Å². The Labute approximate surface area is 85.6 Å². The first kappa shape index (κ1) is 10.3. The predicted molar refractivity (Wildman–Crippen MR) is 47.6 cm³/mol. The molecule has 1 saturated heterocycles. The first-order valence-electron chi connectivity index (χ1n) is 4.49. The molecule has 15 heavy (non-hydrogen) atoms. The lowest BCUT2D eigenvalue weighted by molar-refractivity contribution is -0.0483. The van der Waals surface area contributed by atoms with Crippen LogP contribution in [-0.2, 0) is 9.47 Å². The van der Waals surface area contributed by atoms with Crippen molar-refractivity contribution in [2.75, 3.05) is 20.3 Å². The maximum absolute atomic E-state index is 13.5. The van der Waals surface area contributed by atoms with Gasteiger partial charge < -0.3 is 14.2 Å². The summed E-state index contributed by atoms with van der Waals surface area (Å²) in [4.78, 5) is 0. The van der Waals surface area contributed by atoms with E-state index in [0.717, 1.165) is 6.07 Å². The van der Waals surface area contributed by atoms with Crippen LogP contribution in [0.4, 0.5) is 8.78 Å². The van der Waals surface area contributed by atoms with Crippen LogP contribution < -0.4 is 4.74 Å². The average molecular weight is 216 g/mol. The SMILES string of the molecule is COc1ccc(F)c(F)c1C1OCCO1. The molecule has 2 rings (SSSR count). The van der Waals surface area contributed by atoms with E-state index in [-0.39, 0.29) is 11.3 Å². The maximum atomic E-state index is 13.5. The van der Waals surface area contributed by atoms with Crippen molar-refractivity contribution in [2.45, 2.75) is 6.29 Å². The highest BCUT2D eigenvalue weighted by atomic mass is 19.2. The van der Waals surface area contributed by atoms with E-state index in [9.17, 15) is 8.78 Å². The predicted octanol–water partition coefficient (Wildman–Crippen LogP) is 2.02. The molecular formula is C10H10F2O3. The zero-order valence-corrected chi connectivity index (χ0v) is 8.13. The van der Waals surface area contributed by atoms with Gasteiger partial charge in [0.25, 0.3) is 0 Å². The van der Waals surface area contributed by atoms with Gasteiger partial charge in [0.15, 0.2) is 17.9 Å². The lowest BCUT2D eigenvalue weighted by Gasteiger charge is -2.14. The number of methoxy groups -OCH3 is 1. The van der Waals surface area contributed by atoms with Crippen molar-refractivity contribution in [3.8, 4) is 5.75 Å². The second-order valence-electron chi connectivity index (χ2n) is 3.05. The summed E-state index contributed by atoms with van der Waals surface area (Å²) in [7, 11) is 1.38. The van der Waals surface area contributed by atoms with Crippen LogP contribution in [-0.4, -0.2) is 20.3 Å².